The highest BCUT2D eigenvalue weighted by atomic mass is 79.9. The topological polar surface area (TPSA) is 60.2 Å². The van der Waals surface area contributed by atoms with Crippen molar-refractivity contribution in [1.29, 1.82) is 0 Å². The molecular formula is C5H12BrNO2S. The van der Waals surface area contributed by atoms with E-state index in [9.17, 15) is 8.42 Å². The summed E-state index contributed by atoms with van der Waals surface area (Å²) in [7, 11) is -2.82. The van der Waals surface area contributed by atoms with Gasteiger partial charge in [-0.05, 0) is 13.0 Å². The van der Waals surface area contributed by atoms with E-state index in [1.807, 2.05) is 0 Å². The maximum Gasteiger partial charge on any atom is 0.151 e. The second kappa shape index (κ2) is 5.09. The molecular weight excluding hydrogens is 218 g/mol. The van der Waals surface area contributed by atoms with Crippen molar-refractivity contribution in [3.05, 3.63) is 0 Å². The Kier molecular flexibility index (Phi) is 5.29. The Hall–Kier alpha value is 0.390. The third-order valence-electron chi connectivity index (χ3n) is 1.05. The van der Waals surface area contributed by atoms with Gasteiger partial charge in [0.2, 0.25) is 0 Å². The quantitative estimate of drug-likeness (QED) is 0.683. The highest BCUT2D eigenvalue weighted by Gasteiger charge is 2.07. The molecule has 0 unspecified atom stereocenters. The third kappa shape index (κ3) is 5.20. The van der Waals surface area contributed by atoms with Crippen LogP contribution in [0.1, 0.15) is 6.42 Å². The van der Waals surface area contributed by atoms with Crippen LogP contribution in [-0.2, 0) is 9.84 Å². The molecule has 0 aromatic heterocycles. The molecule has 62 valence electrons. The van der Waals surface area contributed by atoms with Gasteiger partial charge in [-0.15, -0.1) is 0 Å². The summed E-state index contributed by atoms with van der Waals surface area (Å²) < 4.78 is 21.8. The molecule has 0 aromatic rings. The Morgan fingerprint density at radius 2 is 1.90 bits per heavy atom. The first-order chi connectivity index (χ1) is 4.62. The number of nitrogens with two attached hydrogens (primary N) is 1. The van der Waals surface area contributed by atoms with Gasteiger partial charge in [-0.3, -0.25) is 0 Å². The molecule has 0 aliphatic heterocycles. The van der Waals surface area contributed by atoms with Crippen LogP contribution in [0.4, 0.5) is 0 Å². The molecule has 0 fully saturated rings. The van der Waals surface area contributed by atoms with Crippen molar-refractivity contribution in [2.45, 2.75) is 6.42 Å². The molecule has 0 radical (unpaired) electrons. The summed E-state index contributed by atoms with van der Waals surface area (Å²) in [5.41, 5.74) is 5.16. The van der Waals surface area contributed by atoms with Gasteiger partial charge in [0.1, 0.15) is 0 Å². The Balaban J connectivity index is 3.65. The number of sulfone groups is 1. The predicted molar refractivity (Wildman–Crippen MR) is 46.1 cm³/mol. The molecule has 0 aromatic carbocycles. The fourth-order valence-electron chi connectivity index (χ4n) is 0.523. The van der Waals surface area contributed by atoms with Crippen molar-refractivity contribution in [3.8, 4) is 0 Å². The molecule has 5 heteroatoms. The van der Waals surface area contributed by atoms with Crippen LogP contribution in [0.2, 0.25) is 0 Å². The Morgan fingerprint density at radius 3 is 2.30 bits per heavy atom. The van der Waals surface area contributed by atoms with E-state index >= 15 is 0 Å². The van der Waals surface area contributed by atoms with Crippen LogP contribution < -0.4 is 5.73 Å². The van der Waals surface area contributed by atoms with Crippen LogP contribution in [0.15, 0.2) is 0 Å². The predicted octanol–water partition coefficient (Wildman–Crippen LogP) is 0.145. The molecule has 0 bridgehead atoms. The lowest BCUT2D eigenvalue weighted by molar-refractivity contribution is 0.595. The van der Waals surface area contributed by atoms with E-state index < -0.39 is 9.84 Å². The van der Waals surface area contributed by atoms with E-state index in [1.54, 1.807) is 0 Å². The molecule has 0 spiro atoms. The van der Waals surface area contributed by atoms with Gasteiger partial charge in [-0.2, -0.15) is 0 Å². The van der Waals surface area contributed by atoms with E-state index in [0.717, 1.165) is 0 Å². The van der Waals surface area contributed by atoms with Crippen LogP contribution in [-0.4, -0.2) is 31.8 Å². The molecule has 0 atom stereocenters. The largest absolute Gasteiger partial charge is 0.330 e. The minimum atomic E-state index is -2.82. The standard InChI is InChI=1S/C5H12BrNO2S/c6-2-5-10(8,9)4-1-3-7/h1-5,7H2. The summed E-state index contributed by atoms with van der Waals surface area (Å²) in [5, 5.41) is 0.514. The summed E-state index contributed by atoms with van der Waals surface area (Å²) in [6, 6.07) is 0. The molecule has 0 saturated heterocycles. The lowest BCUT2D eigenvalue weighted by Gasteiger charge is -1.98. The van der Waals surface area contributed by atoms with Gasteiger partial charge in [0.15, 0.2) is 9.84 Å². The number of halogens is 1. The highest BCUT2D eigenvalue weighted by molar-refractivity contribution is 9.09. The van der Waals surface area contributed by atoms with Gasteiger partial charge < -0.3 is 5.73 Å². The van der Waals surface area contributed by atoms with E-state index in [1.165, 1.54) is 0 Å². The first-order valence-electron chi connectivity index (χ1n) is 3.09. The smallest absolute Gasteiger partial charge is 0.151 e. The van der Waals surface area contributed by atoms with E-state index in [2.05, 4.69) is 15.9 Å². The van der Waals surface area contributed by atoms with Crippen LogP contribution in [0.5, 0.6) is 0 Å². The molecule has 0 heterocycles. The summed E-state index contributed by atoms with van der Waals surface area (Å²) in [5.74, 6) is 0.433. The van der Waals surface area contributed by atoms with Crippen LogP contribution in [0.3, 0.4) is 0 Å². The fourth-order valence-corrected chi connectivity index (χ4v) is 3.05. The van der Waals surface area contributed by atoms with Gasteiger partial charge in [0, 0.05) is 5.33 Å². The minimum absolute atomic E-state index is 0.215. The average Bonchev–Trinajstić information content (AvgIpc) is 1.84. The summed E-state index contributed by atoms with van der Waals surface area (Å²) in [4.78, 5) is 0. The molecule has 2 N–H and O–H groups in total. The Bertz CT molecular complexity index is 166. The lowest BCUT2D eigenvalue weighted by Crippen LogP contribution is -2.14. The minimum Gasteiger partial charge on any atom is -0.330 e. The van der Waals surface area contributed by atoms with Crippen molar-refractivity contribution in [1.82, 2.24) is 0 Å². The molecule has 3 nitrogen and oxygen atoms in total. The van der Waals surface area contributed by atoms with Crippen LogP contribution in [0.25, 0.3) is 0 Å². The Morgan fingerprint density at radius 1 is 1.30 bits per heavy atom. The van der Waals surface area contributed by atoms with E-state index in [-0.39, 0.29) is 11.5 Å². The van der Waals surface area contributed by atoms with Gasteiger partial charge in [0.05, 0.1) is 11.5 Å². The molecule has 0 rings (SSSR count). The van der Waals surface area contributed by atoms with E-state index in [0.29, 0.717) is 18.3 Å². The molecule has 0 aliphatic rings. The van der Waals surface area contributed by atoms with Gasteiger partial charge >= 0.3 is 0 Å². The SMILES string of the molecule is NCCCS(=O)(=O)CCBr. The lowest BCUT2D eigenvalue weighted by atomic mass is 10.5. The second-order valence-corrected chi connectivity index (χ2v) is 5.08. The molecule has 0 aliphatic carbocycles. The zero-order chi connectivity index (χ0) is 8.04. The number of hydrogen-bond acceptors (Lipinski definition) is 3. The molecule has 0 saturated carbocycles. The normalized spacial score (nSPS) is 11.8. The van der Waals surface area contributed by atoms with E-state index in [4.69, 9.17) is 5.73 Å². The zero-order valence-electron chi connectivity index (χ0n) is 5.72. The number of hydrogen-bond donors (Lipinski definition) is 1. The first kappa shape index (κ1) is 10.4. The summed E-state index contributed by atoms with van der Waals surface area (Å²) >= 11 is 3.07. The third-order valence-corrected chi connectivity index (χ3v) is 3.71. The van der Waals surface area contributed by atoms with Crippen molar-refractivity contribution in [3.63, 3.8) is 0 Å². The maximum absolute atomic E-state index is 10.9. The van der Waals surface area contributed by atoms with Crippen molar-refractivity contribution in [2.24, 2.45) is 5.73 Å². The van der Waals surface area contributed by atoms with Crippen molar-refractivity contribution >= 4 is 25.8 Å². The average molecular weight is 230 g/mol. The van der Waals surface area contributed by atoms with Crippen molar-refractivity contribution < 1.29 is 8.42 Å². The summed E-state index contributed by atoms with van der Waals surface area (Å²) in [6.45, 7) is 0.446. The maximum atomic E-state index is 10.9. The molecule has 10 heavy (non-hydrogen) atoms. The van der Waals surface area contributed by atoms with Gasteiger partial charge in [0.25, 0.3) is 0 Å². The monoisotopic (exact) mass is 229 g/mol. The first-order valence-corrected chi connectivity index (χ1v) is 6.03. The zero-order valence-corrected chi connectivity index (χ0v) is 8.12. The number of rotatable bonds is 5. The fraction of sp³-hybridized carbons (Fsp3) is 1.00. The second-order valence-electron chi connectivity index (χ2n) is 1.98. The Labute approximate surface area is 70.0 Å². The summed E-state index contributed by atoms with van der Waals surface area (Å²) in [6.07, 6.45) is 0.565. The molecule has 0 amide bonds. The van der Waals surface area contributed by atoms with Crippen molar-refractivity contribution in [2.75, 3.05) is 23.4 Å². The van der Waals surface area contributed by atoms with Gasteiger partial charge in [-0.25, -0.2) is 8.42 Å². The van der Waals surface area contributed by atoms with Crippen LogP contribution >= 0.6 is 15.9 Å². The number of alkyl halides is 1. The van der Waals surface area contributed by atoms with Gasteiger partial charge in [-0.1, -0.05) is 15.9 Å². The highest BCUT2D eigenvalue weighted by Crippen LogP contribution is 1.94. The van der Waals surface area contributed by atoms with Crippen LogP contribution in [0, 0.1) is 0 Å².